The predicted octanol–water partition coefficient (Wildman–Crippen LogP) is 3.98. The molecule has 0 saturated heterocycles. The molecule has 112 valence electrons. The number of ether oxygens (including phenoxy) is 1. The van der Waals surface area contributed by atoms with Crippen LogP contribution in [0, 0.1) is 5.92 Å². The van der Waals surface area contributed by atoms with E-state index in [-0.39, 0.29) is 23.8 Å². The minimum atomic E-state index is -0.303. The summed E-state index contributed by atoms with van der Waals surface area (Å²) in [6.07, 6.45) is 4.74. The summed E-state index contributed by atoms with van der Waals surface area (Å²) in [6.45, 7) is 9.43. The Morgan fingerprint density at radius 1 is 1.30 bits per heavy atom. The molecule has 0 amide bonds. The van der Waals surface area contributed by atoms with E-state index in [1.165, 1.54) is 12.5 Å². The van der Waals surface area contributed by atoms with Crippen LogP contribution in [0.3, 0.4) is 0 Å². The highest BCUT2D eigenvalue weighted by Gasteiger charge is 2.24. The van der Waals surface area contributed by atoms with Gasteiger partial charge in [-0.2, -0.15) is 0 Å². The van der Waals surface area contributed by atoms with Crippen LogP contribution in [0.5, 0.6) is 0 Å². The average Bonchev–Trinajstić information content (AvgIpc) is 2.32. The molecule has 1 unspecified atom stereocenters. The van der Waals surface area contributed by atoms with Crippen LogP contribution >= 0.6 is 0 Å². The van der Waals surface area contributed by atoms with Gasteiger partial charge in [-0.3, -0.25) is 9.59 Å². The van der Waals surface area contributed by atoms with Crippen molar-refractivity contribution in [1.82, 2.24) is 0 Å². The van der Waals surface area contributed by atoms with Crippen LogP contribution in [0.4, 0.5) is 0 Å². The minimum Gasteiger partial charge on any atom is -0.458 e. The van der Waals surface area contributed by atoms with Crippen LogP contribution in [0.15, 0.2) is 22.8 Å². The molecule has 20 heavy (non-hydrogen) atoms. The first kappa shape index (κ1) is 16.7. The lowest BCUT2D eigenvalue weighted by atomic mass is 9.87. The quantitative estimate of drug-likeness (QED) is 0.538. The summed E-state index contributed by atoms with van der Waals surface area (Å²) in [5, 5.41) is 0. The summed E-state index contributed by atoms with van der Waals surface area (Å²) in [6, 6.07) is 0. The normalized spacial score (nSPS) is 27.6. The standard InChI is InChI=1S/C17H26O3/c1-11(2)15-10-16(19)13(4)8-6-7-12(3)9-17(15)20-14(5)18/h7,13,17H,6,8-10H2,1-5H3/b12-7+/t13-,17?/m0/s1. The van der Waals surface area contributed by atoms with Crippen molar-refractivity contribution in [3.63, 3.8) is 0 Å². The van der Waals surface area contributed by atoms with Crippen molar-refractivity contribution in [3.8, 4) is 0 Å². The van der Waals surface area contributed by atoms with Crippen molar-refractivity contribution in [2.45, 2.75) is 66.4 Å². The fraction of sp³-hybridized carbons (Fsp3) is 0.647. The Kier molecular flexibility index (Phi) is 6.18. The van der Waals surface area contributed by atoms with Crippen LogP contribution in [0.2, 0.25) is 0 Å². The third kappa shape index (κ3) is 4.95. The molecule has 0 saturated carbocycles. The van der Waals surface area contributed by atoms with Crippen LogP contribution < -0.4 is 0 Å². The van der Waals surface area contributed by atoms with Crippen molar-refractivity contribution < 1.29 is 14.3 Å². The van der Waals surface area contributed by atoms with Crippen molar-refractivity contribution >= 4 is 11.8 Å². The van der Waals surface area contributed by atoms with E-state index in [4.69, 9.17) is 4.74 Å². The van der Waals surface area contributed by atoms with Gasteiger partial charge in [-0.25, -0.2) is 0 Å². The molecule has 0 aromatic carbocycles. The summed E-state index contributed by atoms with van der Waals surface area (Å²) in [5.41, 5.74) is 3.26. The molecule has 0 spiro atoms. The van der Waals surface area contributed by atoms with Gasteiger partial charge in [-0.05, 0) is 39.2 Å². The Morgan fingerprint density at radius 3 is 2.50 bits per heavy atom. The molecule has 0 N–H and O–H groups in total. The topological polar surface area (TPSA) is 43.4 Å². The lowest BCUT2D eigenvalue weighted by Crippen LogP contribution is -2.24. The van der Waals surface area contributed by atoms with Gasteiger partial charge in [0.25, 0.3) is 0 Å². The van der Waals surface area contributed by atoms with Gasteiger partial charge in [-0.15, -0.1) is 0 Å². The Balaban J connectivity index is 3.12. The molecule has 1 rings (SSSR count). The van der Waals surface area contributed by atoms with E-state index in [1.54, 1.807) is 0 Å². The smallest absolute Gasteiger partial charge is 0.303 e. The largest absolute Gasteiger partial charge is 0.458 e. The van der Waals surface area contributed by atoms with E-state index < -0.39 is 0 Å². The van der Waals surface area contributed by atoms with Crippen LogP contribution in [-0.2, 0) is 14.3 Å². The second-order valence-electron chi connectivity index (χ2n) is 6.00. The molecular weight excluding hydrogens is 252 g/mol. The van der Waals surface area contributed by atoms with Crippen LogP contribution in [0.1, 0.15) is 60.3 Å². The molecule has 0 aromatic heterocycles. The van der Waals surface area contributed by atoms with Gasteiger partial charge in [-0.1, -0.05) is 24.1 Å². The SMILES string of the molecule is CC(=O)OC1C/C(C)=C/CC[C@H](C)C(=O)CC1=C(C)C. The summed E-state index contributed by atoms with van der Waals surface area (Å²) < 4.78 is 5.46. The number of hydrogen-bond acceptors (Lipinski definition) is 3. The van der Waals surface area contributed by atoms with E-state index in [0.717, 1.165) is 24.0 Å². The molecule has 0 bridgehead atoms. The molecule has 3 nitrogen and oxygen atoms in total. The van der Waals surface area contributed by atoms with Gasteiger partial charge in [0.05, 0.1) is 0 Å². The van der Waals surface area contributed by atoms with Crippen LogP contribution in [0.25, 0.3) is 0 Å². The fourth-order valence-electron chi connectivity index (χ4n) is 2.53. The van der Waals surface area contributed by atoms with E-state index in [0.29, 0.717) is 12.8 Å². The number of allylic oxidation sites excluding steroid dienone is 2. The maximum Gasteiger partial charge on any atom is 0.303 e. The monoisotopic (exact) mass is 278 g/mol. The molecule has 3 heteroatoms. The number of hydrogen-bond donors (Lipinski definition) is 0. The molecule has 0 aromatic rings. The molecular formula is C17H26O3. The summed E-state index contributed by atoms with van der Waals surface area (Å²) in [7, 11) is 0. The number of carbonyl (C=O) groups excluding carboxylic acids is 2. The summed E-state index contributed by atoms with van der Waals surface area (Å²) in [5.74, 6) is 0.00916. The molecule has 0 aliphatic heterocycles. The van der Waals surface area contributed by atoms with Crippen molar-refractivity contribution in [2.75, 3.05) is 0 Å². The zero-order valence-corrected chi connectivity index (χ0v) is 13.3. The fourth-order valence-corrected chi connectivity index (χ4v) is 2.53. The second-order valence-corrected chi connectivity index (χ2v) is 6.00. The molecule has 0 fully saturated rings. The minimum absolute atomic E-state index is 0.0597. The third-order valence-electron chi connectivity index (χ3n) is 3.85. The summed E-state index contributed by atoms with van der Waals surface area (Å²) in [4.78, 5) is 23.6. The number of esters is 1. The first-order chi connectivity index (χ1) is 9.31. The van der Waals surface area contributed by atoms with Crippen molar-refractivity contribution in [1.29, 1.82) is 0 Å². The van der Waals surface area contributed by atoms with Gasteiger partial charge < -0.3 is 4.74 Å². The first-order valence-corrected chi connectivity index (χ1v) is 7.33. The number of carbonyl (C=O) groups is 2. The molecule has 1 aliphatic carbocycles. The maximum atomic E-state index is 12.3. The molecule has 1 aliphatic rings. The van der Waals surface area contributed by atoms with Gasteiger partial charge >= 0.3 is 5.97 Å². The van der Waals surface area contributed by atoms with Crippen LogP contribution in [-0.4, -0.2) is 17.9 Å². The highest BCUT2D eigenvalue weighted by molar-refractivity contribution is 5.83. The predicted molar refractivity (Wildman–Crippen MR) is 80.3 cm³/mol. The highest BCUT2D eigenvalue weighted by atomic mass is 16.5. The van der Waals surface area contributed by atoms with Gasteiger partial charge in [0, 0.05) is 25.7 Å². The Morgan fingerprint density at radius 2 is 1.95 bits per heavy atom. The number of Topliss-reactive ketones (excluding diaryl/α,β-unsaturated/α-hetero) is 1. The molecule has 0 radical (unpaired) electrons. The van der Waals surface area contributed by atoms with Crippen molar-refractivity contribution in [3.05, 3.63) is 22.8 Å². The third-order valence-corrected chi connectivity index (χ3v) is 3.85. The maximum absolute atomic E-state index is 12.3. The van der Waals surface area contributed by atoms with E-state index in [2.05, 4.69) is 13.0 Å². The highest BCUT2D eigenvalue weighted by Crippen LogP contribution is 2.27. The van der Waals surface area contributed by atoms with Gasteiger partial charge in [0.1, 0.15) is 11.9 Å². The Hall–Kier alpha value is -1.38. The van der Waals surface area contributed by atoms with E-state index in [9.17, 15) is 9.59 Å². The lowest BCUT2D eigenvalue weighted by Gasteiger charge is -2.24. The van der Waals surface area contributed by atoms with E-state index in [1.807, 2.05) is 20.8 Å². The first-order valence-electron chi connectivity index (χ1n) is 7.33. The Labute approximate surface area is 122 Å². The molecule has 0 heterocycles. The van der Waals surface area contributed by atoms with E-state index >= 15 is 0 Å². The zero-order valence-electron chi connectivity index (χ0n) is 13.3. The van der Waals surface area contributed by atoms with Gasteiger partial charge in [0.2, 0.25) is 0 Å². The molecule has 2 atom stereocenters. The van der Waals surface area contributed by atoms with Gasteiger partial charge in [0.15, 0.2) is 0 Å². The average molecular weight is 278 g/mol. The van der Waals surface area contributed by atoms with Crippen molar-refractivity contribution in [2.24, 2.45) is 5.92 Å². The number of ketones is 1. The number of rotatable bonds is 1. The summed E-state index contributed by atoms with van der Waals surface area (Å²) >= 11 is 0. The lowest BCUT2D eigenvalue weighted by molar-refractivity contribution is -0.145. The zero-order chi connectivity index (χ0) is 15.3. The second kappa shape index (κ2) is 7.41. The Bertz CT molecular complexity index is 439.